The van der Waals surface area contributed by atoms with Gasteiger partial charge in [-0.25, -0.2) is 16.8 Å². The molecule has 8 nitrogen and oxygen atoms in total. The van der Waals surface area contributed by atoms with E-state index in [9.17, 15) is 21.6 Å². The monoisotopic (exact) mass is 362 g/mol. The van der Waals surface area contributed by atoms with E-state index in [4.69, 9.17) is 10.8 Å². The van der Waals surface area contributed by atoms with Gasteiger partial charge in [0, 0.05) is 19.3 Å². The van der Waals surface area contributed by atoms with Crippen LogP contribution in [0.15, 0.2) is 34.1 Å². The van der Waals surface area contributed by atoms with Crippen LogP contribution in [-0.2, 0) is 24.7 Å². The summed E-state index contributed by atoms with van der Waals surface area (Å²) in [5.41, 5.74) is 4.27. The molecule has 0 bridgehead atoms. The second-order valence-electron chi connectivity index (χ2n) is 5.58. The summed E-state index contributed by atoms with van der Waals surface area (Å²) in [6.07, 6.45) is 0.859. The van der Waals surface area contributed by atoms with E-state index < -0.39 is 31.4 Å². The van der Waals surface area contributed by atoms with Crippen molar-refractivity contribution in [1.29, 1.82) is 0 Å². The Bertz CT molecular complexity index is 824. The molecule has 10 heteroatoms. The van der Waals surface area contributed by atoms with Crippen LogP contribution in [0.4, 0.5) is 0 Å². The Labute approximate surface area is 134 Å². The van der Waals surface area contributed by atoms with E-state index in [1.807, 2.05) is 0 Å². The van der Waals surface area contributed by atoms with E-state index in [0.717, 1.165) is 10.6 Å². The lowest BCUT2D eigenvalue weighted by Gasteiger charge is -2.35. The fraction of sp³-hybridized carbons (Fsp3) is 0.462. The molecule has 0 unspecified atom stereocenters. The molecule has 3 N–H and O–H groups in total. The van der Waals surface area contributed by atoms with E-state index >= 15 is 0 Å². The van der Waals surface area contributed by atoms with Crippen molar-refractivity contribution >= 4 is 25.8 Å². The summed E-state index contributed by atoms with van der Waals surface area (Å²) in [6, 6.07) is 5.35. The SMILES string of the molecule is CS(=O)(=O)c1ccccc1S(=O)(=O)N1CCC(N)(C(=O)O)CC1. The first-order valence-electron chi connectivity index (χ1n) is 6.80. The number of benzene rings is 1. The molecule has 1 aromatic rings. The lowest BCUT2D eigenvalue weighted by atomic mass is 9.90. The molecular formula is C13H18N2O6S2. The molecule has 2 rings (SSSR count). The number of piperidine rings is 1. The highest BCUT2D eigenvalue weighted by Crippen LogP contribution is 2.28. The van der Waals surface area contributed by atoms with E-state index in [0.29, 0.717) is 0 Å². The molecular weight excluding hydrogens is 344 g/mol. The van der Waals surface area contributed by atoms with Crippen molar-refractivity contribution in [2.24, 2.45) is 5.73 Å². The molecule has 1 heterocycles. The van der Waals surface area contributed by atoms with Gasteiger partial charge in [0.2, 0.25) is 10.0 Å². The van der Waals surface area contributed by atoms with Crippen LogP contribution in [0.2, 0.25) is 0 Å². The number of rotatable bonds is 4. The number of carboxylic acids is 1. The average molecular weight is 362 g/mol. The van der Waals surface area contributed by atoms with Crippen molar-refractivity contribution in [3.63, 3.8) is 0 Å². The van der Waals surface area contributed by atoms with Crippen LogP contribution in [0.1, 0.15) is 12.8 Å². The summed E-state index contributed by atoms with van der Waals surface area (Å²) in [5, 5.41) is 9.08. The molecule has 0 aliphatic carbocycles. The van der Waals surface area contributed by atoms with E-state index in [-0.39, 0.29) is 35.7 Å². The van der Waals surface area contributed by atoms with Crippen LogP contribution in [-0.4, -0.2) is 57.1 Å². The topological polar surface area (TPSA) is 135 Å². The molecule has 1 fully saturated rings. The van der Waals surface area contributed by atoms with Gasteiger partial charge in [0.25, 0.3) is 0 Å². The van der Waals surface area contributed by atoms with Crippen molar-refractivity contribution in [3.05, 3.63) is 24.3 Å². The van der Waals surface area contributed by atoms with Gasteiger partial charge in [0.1, 0.15) is 10.4 Å². The minimum absolute atomic E-state index is 0.0391. The molecule has 23 heavy (non-hydrogen) atoms. The van der Waals surface area contributed by atoms with Gasteiger partial charge in [0.05, 0.1) is 4.90 Å². The molecule has 1 saturated heterocycles. The third-order valence-electron chi connectivity index (χ3n) is 3.91. The van der Waals surface area contributed by atoms with Crippen LogP contribution in [0.25, 0.3) is 0 Å². The van der Waals surface area contributed by atoms with E-state index in [1.54, 1.807) is 0 Å². The minimum atomic E-state index is -4.05. The highest BCUT2D eigenvalue weighted by Gasteiger charge is 2.41. The van der Waals surface area contributed by atoms with Crippen LogP contribution >= 0.6 is 0 Å². The number of hydrogen-bond donors (Lipinski definition) is 2. The van der Waals surface area contributed by atoms with Crippen LogP contribution in [0.5, 0.6) is 0 Å². The highest BCUT2D eigenvalue weighted by atomic mass is 32.2. The molecule has 0 radical (unpaired) electrons. The van der Waals surface area contributed by atoms with Crippen molar-refractivity contribution in [2.45, 2.75) is 28.2 Å². The largest absolute Gasteiger partial charge is 0.480 e. The number of nitrogens with zero attached hydrogens (tertiary/aromatic N) is 1. The normalized spacial score (nSPS) is 19.4. The van der Waals surface area contributed by atoms with Crippen molar-refractivity contribution in [1.82, 2.24) is 4.31 Å². The van der Waals surface area contributed by atoms with Gasteiger partial charge >= 0.3 is 5.97 Å². The number of sulfonamides is 1. The third kappa shape index (κ3) is 3.39. The lowest BCUT2D eigenvalue weighted by Crippen LogP contribution is -2.56. The zero-order valence-electron chi connectivity index (χ0n) is 12.5. The number of sulfone groups is 1. The van der Waals surface area contributed by atoms with Gasteiger partial charge in [-0.2, -0.15) is 4.31 Å². The van der Waals surface area contributed by atoms with Crippen LogP contribution in [0.3, 0.4) is 0 Å². The first-order valence-corrected chi connectivity index (χ1v) is 10.1. The molecule has 0 atom stereocenters. The fourth-order valence-corrected chi connectivity index (χ4v) is 5.49. The molecule has 128 valence electrons. The second kappa shape index (κ2) is 5.86. The maximum absolute atomic E-state index is 12.7. The van der Waals surface area contributed by atoms with Gasteiger partial charge in [-0.1, -0.05) is 12.1 Å². The van der Waals surface area contributed by atoms with Gasteiger partial charge in [-0.05, 0) is 25.0 Å². The molecule has 0 spiro atoms. The molecule has 1 aliphatic rings. The maximum Gasteiger partial charge on any atom is 0.323 e. The highest BCUT2D eigenvalue weighted by molar-refractivity contribution is 7.93. The van der Waals surface area contributed by atoms with Crippen LogP contribution in [0, 0.1) is 0 Å². The zero-order valence-corrected chi connectivity index (χ0v) is 14.1. The van der Waals surface area contributed by atoms with Gasteiger partial charge in [0.15, 0.2) is 9.84 Å². The van der Waals surface area contributed by atoms with Crippen molar-refractivity contribution < 1.29 is 26.7 Å². The summed E-state index contributed by atoms with van der Waals surface area (Å²) < 4.78 is 50.1. The predicted octanol–water partition coefficient (Wildman–Crippen LogP) is -0.343. The summed E-state index contributed by atoms with van der Waals surface area (Å²) in [7, 11) is -7.76. The smallest absolute Gasteiger partial charge is 0.323 e. The Morgan fingerprint density at radius 2 is 1.61 bits per heavy atom. The Hall–Kier alpha value is -1.49. The summed E-state index contributed by atoms with van der Waals surface area (Å²) in [5.74, 6) is -1.17. The molecule has 1 aromatic carbocycles. The first-order chi connectivity index (χ1) is 10.5. The summed E-state index contributed by atoms with van der Waals surface area (Å²) >= 11 is 0. The third-order valence-corrected chi connectivity index (χ3v) is 7.15. The number of carbonyl (C=O) groups is 1. The molecule has 1 aliphatic heterocycles. The Kier molecular flexibility index (Phi) is 4.55. The summed E-state index contributed by atoms with van der Waals surface area (Å²) in [4.78, 5) is 10.5. The van der Waals surface area contributed by atoms with E-state index in [1.165, 1.54) is 24.3 Å². The lowest BCUT2D eigenvalue weighted by molar-refractivity contribution is -0.144. The Balaban J connectivity index is 2.37. The van der Waals surface area contributed by atoms with Gasteiger partial charge in [-0.15, -0.1) is 0 Å². The van der Waals surface area contributed by atoms with Crippen molar-refractivity contribution in [2.75, 3.05) is 19.3 Å². The van der Waals surface area contributed by atoms with Crippen molar-refractivity contribution in [3.8, 4) is 0 Å². The summed E-state index contributed by atoms with van der Waals surface area (Å²) in [6.45, 7) is -0.160. The van der Waals surface area contributed by atoms with Gasteiger partial charge < -0.3 is 10.8 Å². The standard InChI is InChI=1S/C13H18N2O6S2/c1-22(18,19)10-4-2-3-5-11(10)23(20,21)15-8-6-13(14,7-9-15)12(16)17/h2-5H,6-9,14H2,1H3,(H,16,17). The molecule has 0 amide bonds. The minimum Gasteiger partial charge on any atom is -0.480 e. The first kappa shape index (κ1) is 17.9. The fourth-order valence-electron chi connectivity index (χ4n) is 2.45. The molecule has 0 saturated carbocycles. The van der Waals surface area contributed by atoms with E-state index in [2.05, 4.69) is 0 Å². The Morgan fingerprint density at radius 3 is 2.04 bits per heavy atom. The second-order valence-corrected chi connectivity index (χ2v) is 9.47. The number of nitrogens with two attached hydrogens (primary N) is 1. The average Bonchev–Trinajstić information content (AvgIpc) is 2.46. The maximum atomic E-state index is 12.7. The van der Waals surface area contributed by atoms with Crippen LogP contribution < -0.4 is 5.73 Å². The quantitative estimate of drug-likeness (QED) is 0.748. The predicted molar refractivity (Wildman–Crippen MR) is 82.1 cm³/mol. The zero-order chi connectivity index (χ0) is 17.5. The number of aliphatic carboxylic acids is 1. The Morgan fingerprint density at radius 1 is 1.13 bits per heavy atom. The molecule has 0 aromatic heterocycles. The number of carboxylic acid groups (broad SMARTS) is 1. The van der Waals surface area contributed by atoms with Gasteiger partial charge in [-0.3, -0.25) is 4.79 Å². The number of hydrogen-bond acceptors (Lipinski definition) is 6.